The van der Waals surface area contributed by atoms with Gasteiger partial charge in [-0.25, -0.2) is 0 Å². The Kier molecular flexibility index (Phi) is 8.95. The molecule has 4 N–H and O–H groups in total. The summed E-state index contributed by atoms with van der Waals surface area (Å²) in [6.07, 6.45) is 7.27. The third-order valence-corrected chi connectivity index (χ3v) is 10.5. The Labute approximate surface area is 240 Å². The molecular weight excluding hydrogens is 530 g/mol. The highest BCUT2D eigenvalue weighted by atomic mass is 16.5. The number of fused-ring (bicyclic) bond motifs is 5. The number of allylic oxidation sites excluding steroid dienone is 4. The van der Waals surface area contributed by atoms with Crippen molar-refractivity contribution in [2.24, 2.45) is 34.5 Å². The van der Waals surface area contributed by atoms with Crippen molar-refractivity contribution in [2.45, 2.75) is 90.3 Å². The SMILES string of the molecule is C[C@@H]1CC2C3CCC4=CC(=O)C=CC4(C)C3C(O)CC2(C)[C@@]1(O)C(=O)COC(=O)CCCNC(=O)CCCC(=O)O. The average molecular weight is 574 g/mol. The van der Waals surface area contributed by atoms with Gasteiger partial charge in [-0.3, -0.25) is 24.0 Å². The highest BCUT2D eigenvalue weighted by Gasteiger charge is 2.70. The second-order valence-electron chi connectivity index (χ2n) is 12.9. The van der Waals surface area contributed by atoms with Gasteiger partial charge in [0.1, 0.15) is 5.60 Å². The summed E-state index contributed by atoms with van der Waals surface area (Å²) >= 11 is 0. The van der Waals surface area contributed by atoms with Crippen LogP contribution in [0.1, 0.15) is 78.6 Å². The molecule has 226 valence electrons. The van der Waals surface area contributed by atoms with Gasteiger partial charge in [0.05, 0.1) is 6.10 Å². The Morgan fingerprint density at radius 2 is 1.85 bits per heavy atom. The molecule has 3 fully saturated rings. The van der Waals surface area contributed by atoms with Crippen LogP contribution >= 0.6 is 0 Å². The maximum Gasteiger partial charge on any atom is 0.306 e. The summed E-state index contributed by atoms with van der Waals surface area (Å²) in [5.41, 5.74) is -2.06. The Bertz CT molecular complexity index is 1160. The van der Waals surface area contributed by atoms with E-state index < -0.39 is 46.9 Å². The molecule has 3 saturated carbocycles. The predicted octanol–water partition coefficient (Wildman–Crippen LogP) is 2.51. The van der Waals surface area contributed by atoms with Gasteiger partial charge < -0.3 is 25.4 Å². The lowest BCUT2D eigenvalue weighted by Crippen LogP contribution is -2.62. The van der Waals surface area contributed by atoms with Crippen LogP contribution in [0.5, 0.6) is 0 Å². The smallest absolute Gasteiger partial charge is 0.306 e. The Morgan fingerprint density at radius 3 is 2.56 bits per heavy atom. The van der Waals surface area contributed by atoms with Crippen molar-refractivity contribution in [1.29, 1.82) is 0 Å². The number of rotatable bonds is 11. The van der Waals surface area contributed by atoms with E-state index >= 15 is 0 Å². The van der Waals surface area contributed by atoms with Crippen LogP contribution in [0.25, 0.3) is 0 Å². The molecule has 0 aromatic rings. The number of ketones is 2. The molecular formula is C31H43NO9. The van der Waals surface area contributed by atoms with Crippen LogP contribution in [-0.4, -0.2) is 69.6 Å². The van der Waals surface area contributed by atoms with Crippen LogP contribution in [0.2, 0.25) is 0 Å². The molecule has 0 saturated heterocycles. The van der Waals surface area contributed by atoms with E-state index in [9.17, 15) is 34.2 Å². The highest BCUT2D eigenvalue weighted by Crippen LogP contribution is 2.68. The fraction of sp³-hybridized carbons (Fsp3) is 0.710. The zero-order valence-electron chi connectivity index (χ0n) is 24.2. The fourth-order valence-electron chi connectivity index (χ4n) is 8.53. The number of nitrogens with one attached hydrogen (secondary N) is 1. The number of aliphatic hydroxyl groups excluding tert-OH is 1. The first-order valence-corrected chi connectivity index (χ1v) is 14.8. The van der Waals surface area contributed by atoms with Crippen LogP contribution < -0.4 is 5.32 Å². The number of carbonyl (C=O) groups is 5. The van der Waals surface area contributed by atoms with Gasteiger partial charge in [-0.2, -0.15) is 0 Å². The number of amides is 1. The van der Waals surface area contributed by atoms with E-state index in [-0.39, 0.29) is 74.0 Å². The van der Waals surface area contributed by atoms with E-state index in [4.69, 9.17) is 9.84 Å². The third kappa shape index (κ3) is 5.65. The van der Waals surface area contributed by atoms with Crippen LogP contribution in [0.4, 0.5) is 0 Å². The Morgan fingerprint density at radius 1 is 1.12 bits per heavy atom. The summed E-state index contributed by atoms with van der Waals surface area (Å²) in [5.74, 6) is -2.93. The van der Waals surface area contributed by atoms with Gasteiger partial charge in [0.15, 0.2) is 12.4 Å². The molecule has 0 radical (unpaired) electrons. The van der Waals surface area contributed by atoms with E-state index in [1.165, 1.54) is 0 Å². The molecule has 41 heavy (non-hydrogen) atoms. The topological polar surface area (TPSA) is 167 Å². The van der Waals surface area contributed by atoms with Gasteiger partial charge >= 0.3 is 11.9 Å². The van der Waals surface area contributed by atoms with Crippen molar-refractivity contribution >= 4 is 29.4 Å². The van der Waals surface area contributed by atoms with Crippen LogP contribution in [0, 0.1) is 34.5 Å². The number of hydrogen-bond acceptors (Lipinski definition) is 8. The number of aliphatic hydroxyl groups is 2. The molecule has 6 unspecified atom stereocenters. The zero-order chi connectivity index (χ0) is 30.2. The molecule has 0 aromatic carbocycles. The maximum absolute atomic E-state index is 13.5. The first-order chi connectivity index (χ1) is 19.2. The van der Waals surface area contributed by atoms with Crippen LogP contribution in [0.15, 0.2) is 23.8 Å². The monoisotopic (exact) mass is 573 g/mol. The van der Waals surface area contributed by atoms with E-state index in [1.807, 2.05) is 19.9 Å². The molecule has 0 heterocycles. The molecule has 10 nitrogen and oxygen atoms in total. The number of carboxylic acid groups (broad SMARTS) is 1. The Hall–Kier alpha value is -2.85. The molecule has 0 aliphatic heterocycles. The molecule has 4 aliphatic rings. The number of carboxylic acids is 1. The lowest BCUT2D eigenvalue weighted by molar-refractivity contribution is -0.186. The number of hydrogen-bond donors (Lipinski definition) is 4. The van der Waals surface area contributed by atoms with Crippen molar-refractivity contribution in [3.05, 3.63) is 23.8 Å². The molecule has 4 aliphatic carbocycles. The minimum Gasteiger partial charge on any atom is -0.481 e. The molecule has 0 bridgehead atoms. The minimum atomic E-state index is -1.76. The van der Waals surface area contributed by atoms with Gasteiger partial charge in [0, 0.05) is 42.6 Å². The van der Waals surface area contributed by atoms with Crippen LogP contribution in [-0.2, 0) is 28.7 Å². The van der Waals surface area contributed by atoms with Crippen molar-refractivity contribution in [3.8, 4) is 0 Å². The van der Waals surface area contributed by atoms with Crippen molar-refractivity contribution in [1.82, 2.24) is 5.32 Å². The normalized spacial score (nSPS) is 37.3. The van der Waals surface area contributed by atoms with Gasteiger partial charge in [0.2, 0.25) is 11.7 Å². The highest BCUT2D eigenvalue weighted by molar-refractivity contribution is 6.01. The summed E-state index contributed by atoms with van der Waals surface area (Å²) < 4.78 is 5.25. The first kappa shape index (κ1) is 31.1. The molecule has 1 amide bonds. The van der Waals surface area contributed by atoms with Gasteiger partial charge in [-0.1, -0.05) is 32.4 Å². The number of ether oxygens (including phenoxy) is 1. The second-order valence-corrected chi connectivity index (χ2v) is 12.9. The molecule has 0 spiro atoms. The molecule has 8 atom stereocenters. The first-order valence-electron chi connectivity index (χ1n) is 14.8. The Balaban J connectivity index is 1.34. The summed E-state index contributed by atoms with van der Waals surface area (Å²) in [6.45, 7) is 5.45. The third-order valence-electron chi connectivity index (χ3n) is 10.5. The molecule has 10 heteroatoms. The van der Waals surface area contributed by atoms with E-state index in [2.05, 4.69) is 12.2 Å². The lowest BCUT2D eigenvalue weighted by atomic mass is 9.46. The van der Waals surface area contributed by atoms with E-state index in [0.717, 1.165) is 18.4 Å². The largest absolute Gasteiger partial charge is 0.481 e. The number of Topliss-reactive ketones (excluding diaryl/α,β-unsaturated/α-hetero) is 1. The van der Waals surface area contributed by atoms with Gasteiger partial charge in [-0.05, 0) is 68.4 Å². The zero-order valence-corrected chi connectivity index (χ0v) is 24.2. The van der Waals surface area contributed by atoms with Crippen molar-refractivity contribution in [3.63, 3.8) is 0 Å². The summed E-state index contributed by atoms with van der Waals surface area (Å²) in [6, 6.07) is 0. The standard InChI is InChI=1S/C31H43NO9/c1-18-14-22-21-10-9-19-15-20(33)11-12-29(19,2)28(21)23(34)16-30(22,3)31(18,40)24(35)17-41-27(39)8-5-13-32-25(36)6-4-7-26(37)38/h11-12,15,18,21-23,28,34,40H,4-10,13-14,16-17H2,1-3H3,(H,32,36)(H,37,38)/t18-,21?,22?,23?,28?,29?,30?,31+/m1/s1. The number of aliphatic carboxylic acids is 1. The number of esters is 1. The van der Waals surface area contributed by atoms with E-state index in [0.29, 0.717) is 12.8 Å². The summed E-state index contributed by atoms with van der Waals surface area (Å²) in [7, 11) is 0. The quantitative estimate of drug-likeness (QED) is 0.214. The average Bonchev–Trinajstić information content (AvgIpc) is 3.11. The molecule has 0 aromatic heterocycles. The van der Waals surface area contributed by atoms with Crippen molar-refractivity contribution in [2.75, 3.05) is 13.2 Å². The second kappa shape index (κ2) is 11.8. The minimum absolute atomic E-state index is 0.0148. The fourth-order valence-corrected chi connectivity index (χ4v) is 8.53. The van der Waals surface area contributed by atoms with Crippen LogP contribution in [0.3, 0.4) is 0 Å². The van der Waals surface area contributed by atoms with Crippen molar-refractivity contribution < 1.29 is 44.0 Å². The van der Waals surface area contributed by atoms with E-state index in [1.54, 1.807) is 12.2 Å². The summed E-state index contributed by atoms with van der Waals surface area (Å²) in [4.78, 5) is 60.1. The lowest BCUT2D eigenvalue weighted by Gasteiger charge is -2.59. The predicted molar refractivity (Wildman–Crippen MR) is 147 cm³/mol. The molecule has 4 rings (SSSR count). The van der Waals surface area contributed by atoms with Gasteiger partial charge in [0.25, 0.3) is 0 Å². The number of carbonyl (C=O) groups excluding carboxylic acids is 4. The summed E-state index contributed by atoms with van der Waals surface area (Å²) in [5, 5.41) is 34.8. The van der Waals surface area contributed by atoms with Gasteiger partial charge in [-0.15, -0.1) is 0 Å². The maximum atomic E-state index is 13.5.